The van der Waals surface area contributed by atoms with E-state index in [1.807, 2.05) is 4.90 Å². The number of nitrogens with zero attached hydrogens (tertiary/aromatic N) is 1. The van der Waals surface area contributed by atoms with Gasteiger partial charge >= 0.3 is 0 Å². The maximum Gasteiger partial charge on any atom is 0.223 e. The highest BCUT2D eigenvalue weighted by Crippen LogP contribution is 2.15. The predicted molar refractivity (Wildman–Crippen MR) is 56.9 cm³/mol. The lowest BCUT2D eigenvalue weighted by Crippen LogP contribution is -2.36. The van der Waals surface area contributed by atoms with Crippen molar-refractivity contribution in [2.45, 2.75) is 26.3 Å². The number of amides is 1. The van der Waals surface area contributed by atoms with Crippen LogP contribution in [0.2, 0.25) is 0 Å². The van der Waals surface area contributed by atoms with Gasteiger partial charge in [-0.05, 0) is 12.5 Å². The number of nitrogens with one attached hydrogen (secondary N) is 1. The van der Waals surface area contributed by atoms with Crippen molar-refractivity contribution in [1.29, 1.82) is 0 Å². The van der Waals surface area contributed by atoms with Gasteiger partial charge in [-0.1, -0.05) is 13.8 Å². The second-order valence-electron chi connectivity index (χ2n) is 4.25. The van der Waals surface area contributed by atoms with Crippen molar-refractivity contribution >= 4 is 5.91 Å². The third kappa shape index (κ3) is 3.27. The van der Waals surface area contributed by atoms with Crippen LogP contribution in [0.5, 0.6) is 0 Å². The molecule has 0 aliphatic carbocycles. The maximum absolute atomic E-state index is 11.5. The number of hydrogen-bond acceptors (Lipinski definition) is 3. The van der Waals surface area contributed by atoms with Gasteiger partial charge in [0.1, 0.15) is 0 Å². The Morgan fingerprint density at radius 2 is 2.36 bits per heavy atom. The summed E-state index contributed by atoms with van der Waals surface area (Å²) in [5.74, 6) is 0.632. The molecular weight excluding hydrogens is 178 g/mol. The van der Waals surface area contributed by atoms with Gasteiger partial charge in [-0.3, -0.25) is 4.79 Å². The van der Waals surface area contributed by atoms with Crippen LogP contribution in [0.1, 0.15) is 20.3 Å². The minimum Gasteiger partial charge on any atom is -0.341 e. The summed E-state index contributed by atoms with van der Waals surface area (Å²) in [7, 11) is 0. The van der Waals surface area contributed by atoms with Crippen LogP contribution < -0.4 is 11.1 Å². The first-order valence-electron chi connectivity index (χ1n) is 5.34. The number of hydrogen-bond donors (Lipinski definition) is 2. The summed E-state index contributed by atoms with van der Waals surface area (Å²) in [6.45, 7) is 7.37. The number of nitrogens with two attached hydrogens (primary N) is 1. The zero-order valence-electron chi connectivity index (χ0n) is 9.12. The third-order valence-corrected chi connectivity index (χ3v) is 2.56. The molecule has 1 aliphatic heterocycles. The molecule has 1 unspecified atom stereocenters. The molecule has 0 aromatic heterocycles. The first-order chi connectivity index (χ1) is 6.63. The molecule has 0 aromatic rings. The molecule has 0 aromatic carbocycles. The molecule has 1 rings (SSSR count). The summed E-state index contributed by atoms with van der Waals surface area (Å²) in [4.78, 5) is 13.4. The van der Waals surface area contributed by atoms with Crippen LogP contribution in [-0.2, 0) is 4.79 Å². The van der Waals surface area contributed by atoms with Gasteiger partial charge in [0.15, 0.2) is 0 Å². The fourth-order valence-electron chi connectivity index (χ4n) is 1.72. The highest BCUT2D eigenvalue weighted by molar-refractivity contribution is 5.78. The van der Waals surface area contributed by atoms with Crippen molar-refractivity contribution in [1.82, 2.24) is 10.2 Å². The lowest BCUT2D eigenvalue weighted by Gasteiger charge is -2.17. The van der Waals surface area contributed by atoms with Crippen molar-refractivity contribution in [3.05, 3.63) is 0 Å². The van der Waals surface area contributed by atoms with Crippen LogP contribution in [0.4, 0.5) is 0 Å². The van der Waals surface area contributed by atoms with E-state index in [0.717, 1.165) is 19.6 Å². The summed E-state index contributed by atoms with van der Waals surface area (Å²) in [6, 6.07) is 0.484. The molecule has 3 N–H and O–H groups in total. The Morgan fingerprint density at radius 1 is 1.64 bits per heavy atom. The fraction of sp³-hybridized carbons (Fsp3) is 0.900. The van der Waals surface area contributed by atoms with E-state index in [9.17, 15) is 4.79 Å². The van der Waals surface area contributed by atoms with Gasteiger partial charge in [-0.25, -0.2) is 0 Å². The molecule has 14 heavy (non-hydrogen) atoms. The molecule has 0 saturated carbocycles. The molecule has 4 nitrogen and oxygen atoms in total. The zero-order valence-corrected chi connectivity index (χ0v) is 9.12. The molecule has 0 bridgehead atoms. The zero-order chi connectivity index (χ0) is 10.6. The van der Waals surface area contributed by atoms with Gasteiger partial charge in [-0.15, -0.1) is 0 Å². The lowest BCUT2D eigenvalue weighted by molar-refractivity contribution is -0.127. The van der Waals surface area contributed by atoms with Gasteiger partial charge in [0, 0.05) is 32.1 Å². The van der Waals surface area contributed by atoms with Crippen LogP contribution in [0.25, 0.3) is 0 Å². The second kappa shape index (κ2) is 5.32. The number of carbonyl (C=O) groups excluding carboxylic acids is 1. The number of likely N-dealkylation sites (tertiary alicyclic amines) is 1. The monoisotopic (exact) mass is 199 g/mol. The quantitative estimate of drug-likeness (QED) is 0.644. The van der Waals surface area contributed by atoms with E-state index >= 15 is 0 Å². The minimum absolute atomic E-state index is 0.256. The van der Waals surface area contributed by atoms with Gasteiger partial charge in [0.05, 0.1) is 0 Å². The van der Waals surface area contributed by atoms with Crippen LogP contribution >= 0.6 is 0 Å². The topological polar surface area (TPSA) is 58.4 Å². The summed E-state index contributed by atoms with van der Waals surface area (Å²) < 4.78 is 0. The fourth-order valence-corrected chi connectivity index (χ4v) is 1.72. The normalized spacial score (nSPS) is 22.4. The Balaban J connectivity index is 2.21. The SMILES string of the molecule is CC(C)NCCN1CC(CN)CC1=O. The molecule has 1 aliphatic rings. The highest BCUT2D eigenvalue weighted by Gasteiger charge is 2.27. The van der Waals surface area contributed by atoms with E-state index in [4.69, 9.17) is 5.73 Å². The molecule has 0 spiro atoms. The van der Waals surface area contributed by atoms with E-state index in [0.29, 0.717) is 24.9 Å². The smallest absolute Gasteiger partial charge is 0.223 e. The first-order valence-corrected chi connectivity index (χ1v) is 5.34. The Morgan fingerprint density at radius 3 is 2.86 bits per heavy atom. The lowest BCUT2D eigenvalue weighted by atomic mass is 10.1. The first kappa shape index (κ1) is 11.5. The average molecular weight is 199 g/mol. The summed E-state index contributed by atoms with van der Waals surface area (Å²) in [5, 5.41) is 3.30. The highest BCUT2D eigenvalue weighted by atomic mass is 16.2. The van der Waals surface area contributed by atoms with E-state index in [2.05, 4.69) is 19.2 Å². The Labute approximate surface area is 85.8 Å². The van der Waals surface area contributed by atoms with Crippen molar-refractivity contribution in [3.63, 3.8) is 0 Å². The summed E-state index contributed by atoms with van der Waals surface area (Å²) >= 11 is 0. The standard InChI is InChI=1S/C10H21N3O/c1-8(2)12-3-4-13-7-9(6-11)5-10(13)14/h8-9,12H,3-7,11H2,1-2H3. The molecule has 1 fully saturated rings. The maximum atomic E-state index is 11.5. The van der Waals surface area contributed by atoms with Gasteiger partial charge in [0.2, 0.25) is 5.91 Å². The largest absolute Gasteiger partial charge is 0.341 e. The minimum atomic E-state index is 0.256. The second-order valence-corrected chi connectivity index (χ2v) is 4.25. The van der Waals surface area contributed by atoms with E-state index in [-0.39, 0.29) is 5.91 Å². The molecule has 0 radical (unpaired) electrons. The number of rotatable bonds is 5. The Kier molecular flexibility index (Phi) is 4.35. The van der Waals surface area contributed by atoms with E-state index in [1.165, 1.54) is 0 Å². The van der Waals surface area contributed by atoms with Crippen LogP contribution in [0.15, 0.2) is 0 Å². The molecule has 1 amide bonds. The van der Waals surface area contributed by atoms with Crippen molar-refractivity contribution in [2.75, 3.05) is 26.2 Å². The van der Waals surface area contributed by atoms with E-state index in [1.54, 1.807) is 0 Å². The number of carbonyl (C=O) groups is 1. The van der Waals surface area contributed by atoms with Crippen molar-refractivity contribution in [2.24, 2.45) is 11.7 Å². The summed E-state index contributed by atoms with van der Waals surface area (Å²) in [5.41, 5.74) is 5.54. The molecule has 1 atom stereocenters. The van der Waals surface area contributed by atoms with E-state index < -0.39 is 0 Å². The molecule has 1 heterocycles. The predicted octanol–water partition coefficient (Wildman–Crippen LogP) is -0.208. The molecular formula is C10H21N3O. The van der Waals surface area contributed by atoms with Crippen molar-refractivity contribution < 1.29 is 4.79 Å². The molecule has 4 heteroatoms. The molecule has 1 saturated heterocycles. The van der Waals surface area contributed by atoms with Gasteiger partial charge in [-0.2, -0.15) is 0 Å². The third-order valence-electron chi connectivity index (χ3n) is 2.56. The van der Waals surface area contributed by atoms with Crippen molar-refractivity contribution in [3.8, 4) is 0 Å². The van der Waals surface area contributed by atoms with Crippen LogP contribution in [0.3, 0.4) is 0 Å². The van der Waals surface area contributed by atoms with Crippen LogP contribution in [-0.4, -0.2) is 43.0 Å². The Hall–Kier alpha value is -0.610. The average Bonchev–Trinajstić information content (AvgIpc) is 2.47. The van der Waals surface area contributed by atoms with Gasteiger partial charge < -0.3 is 16.0 Å². The van der Waals surface area contributed by atoms with Crippen LogP contribution in [0, 0.1) is 5.92 Å². The summed E-state index contributed by atoms with van der Waals surface area (Å²) in [6.07, 6.45) is 0.637. The molecule has 82 valence electrons. The Bertz CT molecular complexity index is 194. The van der Waals surface area contributed by atoms with Gasteiger partial charge in [0.25, 0.3) is 0 Å².